The number of sulfonamides is 1. The molecule has 1 N–H and O–H groups in total. The van der Waals surface area contributed by atoms with E-state index in [9.17, 15) is 17.6 Å². The maximum absolute atomic E-state index is 14.3. The highest BCUT2D eigenvalue weighted by atomic mass is 32.2. The Labute approximate surface area is 172 Å². The zero-order valence-corrected chi connectivity index (χ0v) is 17.7. The lowest BCUT2D eigenvalue weighted by molar-refractivity contribution is -0.135. The molecule has 2 aromatic carbocycles. The van der Waals surface area contributed by atoms with Crippen LogP contribution < -0.4 is 4.72 Å². The number of carbonyl (C=O) groups is 1. The molecule has 1 aliphatic heterocycles. The second-order valence-corrected chi connectivity index (χ2v) is 9.74. The number of likely N-dealkylation sites (tertiary alicyclic amines) is 1. The molecule has 5 nitrogen and oxygen atoms in total. The molecule has 0 saturated carbocycles. The number of hydrogen-bond acceptors (Lipinski definition) is 3. The van der Waals surface area contributed by atoms with Gasteiger partial charge in [0.15, 0.2) is 0 Å². The van der Waals surface area contributed by atoms with Crippen LogP contribution >= 0.6 is 0 Å². The van der Waals surface area contributed by atoms with Crippen LogP contribution in [0.25, 0.3) is 11.1 Å². The maximum Gasteiger partial charge on any atom is 0.225 e. The summed E-state index contributed by atoms with van der Waals surface area (Å²) in [6.45, 7) is 4.13. The number of carbonyl (C=O) groups excluding carboxylic acids is 1. The van der Waals surface area contributed by atoms with Crippen molar-refractivity contribution in [1.82, 2.24) is 9.62 Å². The smallest absolute Gasteiger partial charge is 0.225 e. The highest BCUT2D eigenvalue weighted by Crippen LogP contribution is 2.27. The summed E-state index contributed by atoms with van der Waals surface area (Å²) in [6, 6.07) is 13.6. The fourth-order valence-corrected chi connectivity index (χ4v) is 4.76. The highest BCUT2D eigenvalue weighted by Gasteiger charge is 2.39. The molecule has 1 saturated heterocycles. The van der Waals surface area contributed by atoms with E-state index in [1.807, 2.05) is 50.2 Å². The predicted molar refractivity (Wildman–Crippen MR) is 112 cm³/mol. The normalized spacial score (nSPS) is 19.7. The molecule has 156 valence electrons. The van der Waals surface area contributed by atoms with Gasteiger partial charge >= 0.3 is 0 Å². The molecule has 29 heavy (non-hydrogen) atoms. The summed E-state index contributed by atoms with van der Waals surface area (Å²) in [7, 11) is -3.42. The van der Waals surface area contributed by atoms with Crippen LogP contribution in [0.4, 0.5) is 4.39 Å². The van der Waals surface area contributed by atoms with E-state index in [1.165, 1.54) is 12.1 Å². The van der Waals surface area contributed by atoms with Crippen LogP contribution in [0.2, 0.25) is 0 Å². The number of amides is 1. The van der Waals surface area contributed by atoms with Gasteiger partial charge in [-0.05, 0) is 41.7 Å². The van der Waals surface area contributed by atoms with E-state index in [1.54, 1.807) is 4.90 Å². The molecule has 0 aromatic heterocycles. The van der Waals surface area contributed by atoms with Crippen molar-refractivity contribution < 1.29 is 17.6 Å². The molecule has 2 aromatic rings. The van der Waals surface area contributed by atoms with Gasteiger partial charge in [-0.1, -0.05) is 50.2 Å². The zero-order chi connectivity index (χ0) is 21.2. The number of halogens is 1. The predicted octanol–water partition coefficient (Wildman–Crippen LogP) is 3.21. The van der Waals surface area contributed by atoms with Gasteiger partial charge in [-0.15, -0.1) is 0 Å². The van der Waals surface area contributed by atoms with Crippen LogP contribution in [0.3, 0.4) is 0 Å². The van der Waals surface area contributed by atoms with Crippen LogP contribution in [-0.4, -0.2) is 44.1 Å². The van der Waals surface area contributed by atoms with Gasteiger partial charge in [-0.25, -0.2) is 17.5 Å². The summed E-state index contributed by atoms with van der Waals surface area (Å²) in [5, 5.41) is 0. The summed E-state index contributed by atoms with van der Waals surface area (Å²) < 4.78 is 40.6. The van der Waals surface area contributed by atoms with Crippen molar-refractivity contribution in [3.63, 3.8) is 0 Å². The van der Waals surface area contributed by atoms with E-state index in [2.05, 4.69) is 4.72 Å². The third-order valence-electron chi connectivity index (χ3n) is 5.20. The Balaban J connectivity index is 1.93. The minimum absolute atomic E-state index is 0.0208. The fraction of sp³-hybridized carbons (Fsp3) is 0.409. The first kappa shape index (κ1) is 21.5. The molecule has 0 spiro atoms. The van der Waals surface area contributed by atoms with Crippen molar-refractivity contribution in [3.8, 4) is 11.1 Å². The van der Waals surface area contributed by atoms with Crippen LogP contribution in [0.15, 0.2) is 48.5 Å². The molecule has 0 aliphatic carbocycles. The molecule has 0 radical (unpaired) electrons. The summed E-state index contributed by atoms with van der Waals surface area (Å²) in [5.74, 6) is -0.567. The molecular weight excluding hydrogens is 391 g/mol. The zero-order valence-electron chi connectivity index (χ0n) is 16.9. The van der Waals surface area contributed by atoms with E-state index in [0.717, 1.165) is 22.9 Å². The molecule has 3 rings (SSSR count). The van der Waals surface area contributed by atoms with Gasteiger partial charge in [0.25, 0.3) is 0 Å². The van der Waals surface area contributed by atoms with Crippen molar-refractivity contribution in [2.45, 2.75) is 38.8 Å². The summed E-state index contributed by atoms with van der Waals surface area (Å²) in [6.07, 6.45) is 2.03. The lowest BCUT2D eigenvalue weighted by Crippen LogP contribution is -2.48. The fourth-order valence-electron chi connectivity index (χ4n) is 3.93. The Morgan fingerprint density at radius 2 is 1.86 bits per heavy atom. The Morgan fingerprint density at radius 3 is 2.48 bits per heavy atom. The van der Waals surface area contributed by atoms with Crippen molar-refractivity contribution >= 4 is 15.9 Å². The Kier molecular flexibility index (Phi) is 6.39. The lowest BCUT2D eigenvalue weighted by atomic mass is 9.96. The van der Waals surface area contributed by atoms with E-state index < -0.39 is 16.1 Å². The number of nitrogens with one attached hydrogen (secondary N) is 1. The van der Waals surface area contributed by atoms with Gasteiger partial charge < -0.3 is 4.90 Å². The number of benzene rings is 2. The molecule has 1 fully saturated rings. The lowest BCUT2D eigenvalue weighted by Gasteiger charge is -2.30. The Hall–Kier alpha value is -2.25. The van der Waals surface area contributed by atoms with Crippen molar-refractivity contribution in [2.24, 2.45) is 5.92 Å². The molecule has 0 bridgehead atoms. The Bertz CT molecular complexity index is 977. The van der Waals surface area contributed by atoms with Crippen LogP contribution in [0.1, 0.15) is 25.8 Å². The summed E-state index contributed by atoms with van der Waals surface area (Å²) >= 11 is 0. The third kappa shape index (κ3) is 5.42. The second kappa shape index (κ2) is 8.63. The number of rotatable bonds is 6. The third-order valence-corrected chi connectivity index (χ3v) is 5.93. The summed E-state index contributed by atoms with van der Waals surface area (Å²) in [4.78, 5) is 14.4. The molecule has 1 heterocycles. The first-order valence-corrected chi connectivity index (χ1v) is 11.7. The van der Waals surface area contributed by atoms with E-state index in [0.29, 0.717) is 19.4 Å². The monoisotopic (exact) mass is 418 g/mol. The van der Waals surface area contributed by atoms with Crippen LogP contribution in [0.5, 0.6) is 0 Å². The molecule has 0 unspecified atom stereocenters. The average molecular weight is 419 g/mol. The Morgan fingerprint density at radius 1 is 1.17 bits per heavy atom. The van der Waals surface area contributed by atoms with Crippen LogP contribution in [0, 0.1) is 11.7 Å². The second-order valence-electron chi connectivity index (χ2n) is 7.96. The largest absolute Gasteiger partial charge is 0.337 e. The first-order chi connectivity index (χ1) is 13.6. The standard InChI is InChI=1S/C22H27FN2O3S/c1-15(2)22(26)25-10-9-20(24-29(3,27)28)21(25)13-16-11-18(14-19(23)12-16)17-7-5-4-6-8-17/h4-8,11-12,14-15,20-21,24H,9-10,13H2,1-3H3/t20-,21-/m0/s1. The average Bonchev–Trinajstić information content (AvgIpc) is 3.01. The highest BCUT2D eigenvalue weighted by molar-refractivity contribution is 7.88. The minimum Gasteiger partial charge on any atom is -0.337 e. The van der Waals surface area contributed by atoms with Gasteiger partial charge in [0.2, 0.25) is 15.9 Å². The van der Waals surface area contributed by atoms with Gasteiger partial charge in [0.1, 0.15) is 5.82 Å². The number of hydrogen-bond donors (Lipinski definition) is 1. The van der Waals surface area contributed by atoms with Crippen molar-refractivity contribution in [2.75, 3.05) is 12.8 Å². The molecular formula is C22H27FN2O3S. The SMILES string of the molecule is CC(C)C(=O)N1CC[C@H](NS(C)(=O)=O)[C@@H]1Cc1cc(F)cc(-c2ccccc2)c1. The molecule has 2 atom stereocenters. The van der Waals surface area contributed by atoms with E-state index in [4.69, 9.17) is 0 Å². The van der Waals surface area contributed by atoms with Crippen molar-refractivity contribution in [3.05, 3.63) is 59.9 Å². The molecule has 1 aliphatic rings. The van der Waals surface area contributed by atoms with Gasteiger partial charge in [0.05, 0.1) is 12.3 Å². The summed E-state index contributed by atoms with van der Waals surface area (Å²) in [5.41, 5.74) is 2.39. The first-order valence-electron chi connectivity index (χ1n) is 9.77. The van der Waals surface area contributed by atoms with E-state index >= 15 is 0 Å². The molecule has 7 heteroatoms. The number of nitrogens with zero attached hydrogens (tertiary/aromatic N) is 1. The van der Waals surface area contributed by atoms with Crippen LogP contribution in [-0.2, 0) is 21.2 Å². The maximum atomic E-state index is 14.3. The van der Waals surface area contributed by atoms with Crippen molar-refractivity contribution in [1.29, 1.82) is 0 Å². The van der Waals surface area contributed by atoms with E-state index in [-0.39, 0.29) is 23.7 Å². The molecule has 1 amide bonds. The quantitative estimate of drug-likeness (QED) is 0.783. The van der Waals surface area contributed by atoms with Gasteiger partial charge in [-0.2, -0.15) is 0 Å². The minimum atomic E-state index is -3.42. The topological polar surface area (TPSA) is 66.5 Å². The van der Waals surface area contributed by atoms with Gasteiger partial charge in [-0.3, -0.25) is 4.79 Å². The van der Waals surface area contributed by atoms with Gasteiger partial charge in [0, 0.05) is 18.5 Å².